The van der Waals surface area contributed by atoms with Gasteiger partial charge in [0.2, 0.25) is 0 Å². The van der Waals surface area contributed by atoms with E-state index in [4.69, 9.17) is 10.6 Å². The van der Waals surface area contributed by atoms with Crippen LogP contribution in [0.15, 0.2) is 48.5 Å². The number of carbonyl (C=O) groups excluding carboxylic acids is 2. The highest BCUT2D eigenvalue weighted by Gasteiger charge is 2.36. The van der Waals surface area contributed by atoms with E-state index in [-0.39, 0.29) is 30.1 Å². The number of benzene rings is 2. The van der Waals surface area contributed by atoms with Crippen LogP contribution < -0.4 is 10.6 Å². The maximum atomic E-state index is 13.6. The van der Waals surface area contributed by atoms with Gasteiger partial charge in [-0.25, -0.2) is 5.01 Å². The zero-order chi connectivity index (χ0) is 27.4. The molecule has 2 aromatic rings. The van der Waals surface area contributed by atoms with Crippen molar-refractivity contribution in [2.75, 3.05) is 39.3 Å². The van der Waals surface area contributed by atoms with Crippen molar-refractivity contribution in [3.05, 3.63) is 65.2 Å². The van der Waals surface area contributed by atoms with Crippen molar-refractivity contribution in [1.29, 1.82) is 0 Å². The first kappa shape index (κ1) is 30.4. The van der Waals surface area contributed by atoms with E-state index in [1.54, 1.807) is 5.01 Å². The second-order valence-corrected chi connectivity index (χ2v) is 12.1. The standard InChI is InChI=1S/C32H44N4O3.ClH/c1-32(2,31(38)34-17-19-36(33)20-18-34)39-29-15-7-12-26(22-29)28-14-8-16-35(23-28)30(37)27-13-6-11-25(21-27)24-9-4-3-5-10-24;/h6-7,11-13,15,21-22,24,28H,3-5,8-10,14,16-20,23,33H2,1-2H3;1H. The molecule has 8 heteroatoms. The van der Waals surface area contributed by atoms with Crippen molar-refractivity contribution in [1.82, 2.24) is 14.8 Å². The van der Waals surface area contributed by atoms with E-state index in [1.165, 1.54) is 37.7 Å². The minimum Gasteiger partial charge on any atom is -0.478 e. The molecule has 0 spiro atoms. The number of rotatable bonds is 6. The first-order chi connectivity index (χ1) is 18.8. The van der Waals surface area contributed by atoms with Gasteiger partial charge in [0, 0.05) is 50.7 Å². The number of amides is 2. The average molecular weight is 569 g/mol. The molecule has 2 N–H and O–H groups in total. The fraction of sp³-hybridized carbons (Fsp3) is 0.562. The van der Waals surface area contributed by atoms with Crippen LogP contribution in [0.5, 0.6) is 5.75 Å². The summed E-state index contributed by atoms with van der Waals surface area (Å²) in [7, 11) is 0. The number of piperazine rings is 1. The van der Waals surface area contributed by atoms with E-state index >= 15 is 0 Å². The van der Waals surface area contributed by atoms with Crippen molar-refractivity contribution in [3.8, 4) is 5.75 Å². The van der Waals surface area contributed by atoms with E-state index in [0.29, 0.717) is 44.4 Å². The Morgan fingerprint density at radius 3 is 2.17 bits per heavy atom. The molecule has 1 atom stereocenters. The minimum absolute atomic E-state index is 0. The first-order valence-corrected chi connectivity index (χ1v) is 14.8. The molecule has 7 nitrogen and oxygen atoms in total. The van der Waals surface area contributed by atoms with E-state index in [2.05, 4.69) is 30.3 Å². The SMILES string of the molecule is CC(C)(Oc1cccc(C2CCCN(C(=O)c3cccc(C4CCCCC4)c3)C2)c1)C(=O)N1CCN(N)CC1.Cl. The molecule has 2 saturated heterocycles. The molecule has 2 aliphatic heterocycles. The number of nitrogens with zero attached hydrogens (tertiary/aromatic N) is 3. The van der Waals surface area contributed by atoms with Gasteiger partial charge in [-0.2, -0.15) is 0 Å². The van der Waals surface area contributed by atoms with Gasteiger partial charge in [0.25, 0.3) is 11.8 Å². The monoisotopic (exact) mass is 568 g/mol. The molecule has 2 heterocycles. The van der Waals surface area contributed by atoms with Gasteiger partial charge in [-0.1, -0.05) is 43.5 Å². The molecule has 0 bridgehead atoms. The molecule has 1 saturated carbocycles. The molecular weight excluding hydrogens is 524 g/mol. The zero-order valence-corrected chi connectivity index (χ0v) is 24.8. The smallest absolute Gasteiger partial charge is 0.266 e. The quantitative estimate of drug-likeness (QED) is 0.475. The van der Waals surface area contributed by atoms with Crippen LogP contribution in [0, 0.1) is 0 Å². The predicted octanol–water partition coefficient (Wildman–Crippen LogP) is 5.35. The highest BCUT2D eigenvalue weighted by atomic mass is 35.5. The summed E-state index contributed by atoms with van der Waals surface area (Å²) in [6.45, 7) is 7.70. The molecule has 1 aliphatic carbocycles. The van der Waals surface area contributed by atoms with Crippen molar-refractivity contribution in [3.63, 3.8) is 0 Å². The Hall–Kier alpha value is -2.61. The predicted molar refractivity (Wildman–Crippen MR) is 161 cm³/mol. The Balaban J connectivity index is 0.00000370. The lowest BCUT2D eigenvalue weighted by molar-refractivity contribution is -0.147. The topological polar surface area (TPSA) is 79.1 Å². The number of carbonyl (C=O) groups is 2. The maximum absolute atomic E-state index is 13.6. The van der Waals surface area contributed by atoms with Gasteiger partial charge >= 0.3 is 0 Å². The number of likely N-dealkylation sites (tertiary alicyclic amines) is 1. The van der Waals surface area contributed by atoms with Gasteiger partial charge in [-0.3, -0.25) is 15.4 Å². The molecule has 2 aromatic carbocycles. The highest BCUT2D eigenvalue weighted by molar-refractivity contribution is 5.94. The summed E-state index contributed by atoms with van der Waals surface area (Å²) in [6.07, 6.45) is 8.37. The fourth-order valence-electron chi connectivity index (χ4n) is 6.45. The molecule has 5 rings (SSSR count). The third-order valence-corrected chi connectivity index (χ3v) is 8.74. The third-order valence-electron chi connectivity index (χ3n) is 8.74. The van der Waals surface area contributed by atoms with Crippen LogP contribution in [-0.4, -0.2) is 71.5 Å². The van der Waals surface area contributed by atoms with Crippen LogP contribution in [0.3, 0.4) is 0 Å². The summed E-state index contributed by atoms with van der Waals surface area (Å²) >= 11 is 0. The van der Waals surface area contributed by atoms with E-state index in [9.17, 15) is 9.59 Å². The Morgan fingerprint density at radius 2 is 1.45 bits per heavy atom. The number of hydrogen-bond acceptors (Lipinski definition) is 5. The van der Waals surface area contributed by atoms with Gasteiger partial charge < -0.3 is 14.5 Å². The van der Waals surface area contributed by atoms with Gasteiger partial charge in [0.1, 0.15) is 5.75 Å². The Bertz CT molecular complexity index is 1160. The average Bonchev–Trinajstić information content (AvgIpc) is 2.97. The molecule has 1 unspecified atom stereocenters. The molecule has 2 amide bonds. The van der Waals surface area contributed by atoms with E-state index < -0.39 is 5.60 Å². The Morgan fingerprint density at radius 1 is 0.800 bits per heavy atom. The molecular formula is C32H45ClN4O3. The van der Waals surface area contributed by atoms with Gasteiger partial charge in [0.05, 0.1) is 0 Å². The van der Waals surface area contributed by atoms with Crippen LogP contribution in [0.25, 0.3) is 0 Å². The summed E-state index contributed by atoms with van der Waals surface area (Å²) < 4.78 is 6.27. The lowest BCUT2D eigenvalue weighted by Crippen LogP contribution is -2.57. The Labute approximate surface area is 245 Å². The summed E-state index contributed by atoms with van der Waals surface area (Å²) in [5, 5.41) is 1.74. The number of ether oxygens (including phenoxy) is 1. The summed E-state index contributed by atoms with van der Waals surface area (Å²) in [6, 6.07) is 16.4. The summed E-state index contributed by atoms with van der Waals surface area (Å²) in [4.78, 5) is 30.6. The van der Waals surface area contributed by atoms with Crippen molar-refractivity contribution in [2.24, 2.45) is 5.84 Å². The lowest BCUT2D eigenvalue weighted by Gasteiger charge is -2.37. The third kappa shape index (κ3) is 7.17. The second kappa shape index (κ2) is 13.4. The molecule has 3 aliphatic rings. The van der Waals surface area contributed by atoms with E-state index in [0.717, 1.165) is 30.5 Å². The number of halogens is 1. The number of nitrogens with two attached hydrogens (primary N) is 1. The highest BCUT2D eigenvalue weighted by Crippen LogP contribution is 2.34. The van der Waals surface area contributed by atoms with Gasteiger partial charge in [-0.15, -0.1) is 12.4 Å². The van der Waals surface area contributed by atoms with Crippen LogP contribution in [0.2, 0.25) is 0 Å². The van der Waals surface area contributed by atoms with Gasteiger partial charge in [-0.05, 0) is 80.8 Å². The second-order valence-electron chi connectivity index (χ2n) is 12.1. The normalized spacial score (nSPS) is 21.0. The van der Waals surface area contributed by atoms with Crippen molar-refractivity contribution < 1.29 is 14.3 Å². The molecule has 40 heavy (non-hydrogen) atoms. The number of hydrogen-bond donors (Lipinski definition) is 1. The number of hydrazine groups is 1. The summed E-state index contributed by atoms with van der Waals surface area (Å²) in [5.74, 6) is 7.48. The lowest BCUT2D eigenvalue weighted by atomic mass is 9.83. The van der Waals surface area contributed by atoms with Crippen LogP contribution in [0.1, 0.15) is 92.1 Å². The zero-order valence-electron chi connectivity index (χ0n) is 24.0. The van der Waals surface area contributed by atoms with Crippen LogP contribution >= 0.6 is 12.4 Å². The fourth-order valence-corrected chi connectivity index (χ4v) is 6.45. The maximum Gasteiger partial charge on any atom is 0.266 e. The number of piperidine rings is 1. The van der Waals surface area contributed by atoms with Crippen molar-refractivity contribution >= 4 is 24.2 Å². The summed E-state index contributed by atoms with van der Waals surface area (Å²) in [5.41, 5.74) is 2.31. The van der Waals surface area contributed by atoms with Crippen LogP contribution in [0.4, 0.5) is 0 Å². The first-order valence-electron chi connectivity index (χ1n) is 14.8. The largest absolute Gasteiger partial charge is 0.478 e. The molecule has 3 fully saturated rings. The molecule has 0 aromatic heterocycles. The van der Waals surface area contributed by atoms with E-state index in [1.807, 2.05) is 41.8 Å². The van der Waals surface area contributed by atoms with Crippen LogP contribution in [-0.2, 0) is 4.79 Å². The van der Waals surface area contributed by atoms with Crippen molar-refractivity contribution in [2.45, 2.75) is 76.2 Å². The Kier molecular flexibility index (Phi) is 10.1. The molecule has 0 radical (unpaired) electrons. The molecule has 218 valence electrons. The van der Waals surface area contributed by atoms with Gasteiger partial charge in [0.15, 0.2) is 5.60 Å². The minimum atomic E-state index is -0.979.